The van der Waals surface area contributed by atoms with E-state index < -0.39 is 0 Å². The third-order valence-corrected chi connectivity index (χ3v) is 5.31. The monoisotopic (exact) mass is 371 g/mol. The normalized spacial score (nSPS) is 17.2. The summed E-state index contributed by atoms with van der Waals surface area (Å²) in [5.41, 5.74) is 4.32. The minimum absolute atomic E-state index is 0.165. The highest BCUT2D eigenvalue weighted by Crippen LogP contribution is 2.27. The predicted octanol–water partition coefficient (Wildman–Crippen LogP) is 2.93. The number of hydrogen-bond acceptors (Lipinski definition) is 3. The molecule has 2 heterocycles. The number of nitrogens with zero attached hydrogens (tertiary/aromatic N) is 3. The van der Waals surface area contributed by atoms with Crippen LogP contribution < -0.4 is 0 Å². The van der Waals surface area contributed by atoms with Crippen LogP contribution in [0.15, 0.2) is 71.9 Å². The van der Waals surface area contributed by atoms with Gasteiger partial charge in [-0.2, -0.15) is 0 Å². The molecule has 0 atom stereocenters. The lowest BCUT2D eigenvalue weighted by atomic mass is 10.0. The summed E-state index contributed by atoms with van der Waals surface area (Å²) < 4.78 is 0. The van der Waals surface area contributed by atoms with Crippen LogP contribution in [0.5, 0.6) is 0 Å². The van der Waals surface area contributed by atoms with Crippen LogP contribution >= 0.6 is 0 Å². The molecule has 4 nitrogen and oxygen atoms in total. The third kappa shape index (κ3) is 4.11. The molecule has 0 fully saturated rings. The van der Waals surface area contributed by atoms with E-state index in [2.05, 4.69) is 40.8 Å². The molecule has 4 rings (SSSR count). The number of carbonyl (C=O) groups is 1. The van der Waals surface area contributed by atoms with Gasteiger partial charge in [-0.3, -0.25) is 9.69 Å². The second-order valence-electron chi connectivity index (χ2n) is 7.38. The van der Waals surface area contributed by atoms with Crippen molar-refractivity contribution in [1.29, 1.82) is 0 Å². The molecule has 0 bridgehead atoms. The molecule has 0 saturated heterocycles. The van der Waals surface area contributed by atoms with Gasteiger partial charge in [0.2, 0.25) is 0 Å². The van der Waals surface area contributed by atoms with E-state index in [0.29, 0.717) is 26.3 Å². The molecule has 0 N–H and O–H groups in total. The zero-order chi connectivity index (χ0) is 19.3. The molecule has 0 spiro atoms. The molecule has 142 valence electrons. The van der Waals surface area contributed by atoms with Crippen molar-refractivity contribution in [3.63, 3.8) is 0 Å². The zero-order valence-electron chi connectivity index (χ0n) is 16.3. The van der Waals surface area contributed by atoms with Crippen molar-refractivity contribution in [2.24, 2.45) is 0 Å². The van der Waals surface area contributed by atoms with Crippen molar-refractivity contribution in [3.8, 4) is 11.8 Å². The van der Waals surface area contributed by atoms with Crippen molar-refractivity contribution >= 4 is 5.91 Å². The molecule has 28 heavy (non-hydrogen) atoms. The van der Waals surface area contributed by atoms with E-state index in [9.17, 15) is 4.79 Å². The minimum Gasteiger partial charge on any atom is -0.360 e. The highest BCUT2D eigenvalue weighted by atomic mass is 16.2. The lowest BCUT2D eigenvalue weighted by molar-refractivity contribution is -0.131. The Labute approximate surface area is 167 Å². The van der Waals surface area contributed by atoms with Crippen LogP contribution in [0.1, 0.15) is 17.5 Å². The van der Waals surface area contributed by atoms with Gasteiger partial charge < -0.3 is 9.80 Å². The fourth-order valence-electron chi connectivity index (χ4n) is 3.85. The van der Waals surface area contributed by atoms with Crippen LogP contribution in [0.4, 0.5) is 0 Å². The Bertz CT molecular complexity index is 925. The first-order chi connectivity index (χ1) is 13.7. The first kappa shape index (κ1) is 18.3. The molecule has 2 aromatic rings. The molecular weight excluding hydrogens is 346 g/mol. The Kier molecular flexibility index (Phi) is 5.45. The first-order valence-corrected chi connectivity index (χ1v) is 9.73. The molecule has 0 saturated carbocycles. The lowest BCUT2D eigenvalue weighted by Gasteiger charge is -2.42. The van der Waals surface area contributed by atoms with Gasteiger partial charge in [-0.15, -0.1) is 0 Å². The number of carbonyl (C=O) groups excluding carboxylic acids is 1. The Balaban J connectivity index is 1.44. The van der Waals surface area contributed by atoms with E-state index in [-0.39, 0.29) is 5.91 Å². The molecule has 0 aromatic heterocycles. The maximum atomic E-state index is 13.1. The van der Waals surface area contributed by atoms with Crippen LogP contribution in [-0.2, 0) is 11.3 Å². The first-order valence-electron chi connectivity index (χ1n) is 9.73. The number of hydrogen-bond donors (Lipinski definition) is 0. The maximum Gasteiger partial charge on any atom is 0.254 e. The summed E-state index contributed by atoms with van der Waals surface area (Å²) in [6.45, 7) is 3.60. The summed E-state index contributed by atoms with van der Waals surface area (Å²) in [5.74, 6) is 6.64. The van der Waals surface area contributed by atoms with Crippen molar-refractivity contribution in [1.82, 2.24) is 14.7 Å². The van der Waals surface area contributed by atoms with Gasteiger partial charge in [0.15, 0.2) is 0 Å². The average Bonchev–Trinajstić information content (AvgIpc) is 2.73. The van der Waals surface area contributed by atoms with Gasteiger partial charge in [-0.1, -0.05) is 60.4 Å². The Morgan fingerprint density at radius 2 is 1.71 bits per heavy atom. The van der Waals surface area contributed by atoms with E-state index in [1.165, 1.54) is 5.70 Å². The van der Waals surface area contributed by atoms with Crippen LogP contribution in [0.3, 0.4) is 0 Å². The smallest absolute Gasteiger partial charge is 0.254 e. The summed E-state index contributed by atoms with van der Waals surface area (Å²) in [6, 6.07) is 20.2. The van der Waals surface area contributed by atoms with Crippen molar-refractivity contribution in [3.05, 3.63) is 83.1 Å². The molecule has 2 aliphatic heterocycles. The maximum absolute atomic E-state index is 13.1. The second kappa shape index (κ2) is 8.33. The fraction of sp³-hybridized carbons (Fsp3) is 0.292. The number of benzene rings is 2. The molecule has 0 unspecified atom stereocenters. The van der Waals surface area contributed by atoms with Crippen molar-refractivity contribution in [2.75, 3.05) is 33.4 Å². The largest absolute Gasteiger partial charge is 0.360 e. The Morgan fingerprint density at radius 1 is 1.00 bits per heavy atom. The topological polar surface area (TPSA) is 26.8 Å². The van der Waals surface area contributed by atoms with E-state index in [4.69, 9.17) is 0 Å². The quantitative estimate of drug-likeness (QED) is 0.777. The minimum atomic E-state index is 0.165. The zero-order valence-corrected chi connectivity index (χ0v) is 16.3. The van der Waals surface area contributed by atoms with Gasteiger partial charge in [-0.05, 0) is 17.7 Å². The van der Waals surface area contributed by atoms with Gasteiger partial charge in [0.1, 0.15) is 0 Å². The highest BCUT2D eigenvalue weighted by Gasteiger charge is 2.33. The fourth-order valence-corrected chi connectivity index (χ4v) is 3.85. The van der Waals surface area contributed by atoms with E-state index in [1.54, 1.807) is 0 Å². The standard InChI is InChI=1S/C24H25N3O/c1-25-19-27(17-21-11-6-3-7-12-21)24(28)22-18-26(16-14-23(22)25)15-8-13-20-9-4-2-5-10-20/h2-7,9-12H,14-19H2,1H3. The van der Waals surface area contributed by atoms with Crippen LogP contribution in [0, 0.1) is 11.8 Å². The van der Waals surface area contributed by atoms with Gasteiger partial charge in [0.05, 0.1) is 18.8 Å². The molecular formula is C24H25N3O. The van der Waals surface area contributed by atoms with Crippen LogP contribution in [-0.4, -0.2) is 54.0 Å². The summed E-state index contributed by atoms with van der Waals surface area (Å²) in [4.78, 5) is 19.6. The summed E-state index contributed by atoms with van der Waals surface area (Å²) in [6.07, 6.45) is 0.907. The van der Waals surface area contributed by atoms with Gasteiger partial charge in [0, 0.05) is 44.4 Å². The number of rotatable bonds is 3. The molecule has 1 amide bonds. The molecule has 0 aliphatic carbocycles. The predicted molar refractivity (Wildman–Crippen MR) is 111 cm³/mol. The molecule has 2 aromatic carbocycles. The third-order valence-electron chi connectivity index (χ3n) is 5.31. The lowest BCUT2D eigenvalue weighted by Crippen LogP contribution is -2.50. The summed E-state index contributed by atoms with van der Waals surface area (Å²) in [5, 5.41) is 0. The van der Waals surface area contributed by atoms with E-state index in [1.807, 2.05) is 53.4 Å². The summed E-state index contributed by atoms with van der Waals surface area (Å²) >= 11 is 0. The molecule has 2 aliphatic rings. The average molecular weight is 371 g/mol. The second-order valence-corrected chi connectivity index (χ2v) is 7.38. The Morgan fingerprint density at radius 3 is 2.46 bits per heavy atom. The van der Waals surface area contributed by atoms with Crippen molar-refractivity contribution in [2.45, 2.75) is 13.0 Å². The van der Waals surface area contributed by atoms with Gasteiger partial charge in [-0.25, -0.2) is 0 Å². The van der Waals surface area contributed by atoms with Crippen LogP contribution in [0.25, 0.3) is 0 Å². The van der Waals surface area contributed by atoms with Gasteiger partial charge >= 0.3 is 0 Å². The molecule has 0 radical (unpaired) electrons. The highest BCUT2D eigenvalue weighted by molar-refractivity contribution is 5.95. The van der Waals surface area contributed by atoms with E-state index in [0.717, 1.165) is 29.7 Å². The van der Waals surface area contributed by atoms with Crippen molar-refractivity contribution < 1.29 is 4.79 Å². The van der Waals surface area contributed by atoms with Crippen LogP contribution in [0.2, 0.25) is 0 Å². The van der Waals surface area contributed by atoms with E-state index >= 15 is 0 Å². The Hall–Kier alpha value is -3.03. The summed E-state index contributed by atoms with van der Waals surface area (Å²) in [7, 11) is 2.09. The van der Waals surface area contributed by atoms with Gasteiger partial charge in [0.25, 0.3) is 5.91 Å². The molecule has 4 heteroatoms. The number of amides is 1. The SMILES string of the molecule is CN1CN(Cc2ccccc2)C(=O)C2=C1CCN(CC#Cc1ccccc1)C2.